The zero-order chi connectivity index (χ0) is 13.7. The molecule has 1 N–H and O–H groups in total. The van der Waals surface area contributed by atoms with Crippen molar-refractivity contribution in [2.45, 2.75) is 38.5 Å². The van der Waals surface area contributed by atoms with Gasteiger partial charge in [0.2, 0.25) is 5.89 Å². The Morgan fingerprint density at radius 3 is 3.05 bits per heavy atom. The van der Waals surface area contributed by atoms with E-state index in [1.165, 1.54) is 0 Å². The van der Waals surface area contributed by atoms with Gasteiger partial charge in [0.25, 0.3) is 0 Å². The van der Waals surface area contributed by atoms with E-state index in [2.05, 4.69) is 36.2 Å². The fourth-order valence-electron chi connectivity index (χ4n) is 2.12. The van der Waals surface area contributed by atoms with Gasteiger partial charge in [-0.05, 0) is 18.2 Å². The van der Waals surface area contributed by atoms with E-state index in [4.69, 9.17) is 4.52 Å². The average molecular weight is 301 g/mol. The van der Waals surface area contributed by atoms with Crippen LogP contribution in [0.5, 0.6) is 0 Å². The first-order valence-corrected chi connectivity index (χ1v) is 9.23. The second-order valence-electron chi connectivity index (χ2n) is 5.27. The first kappa shape index (κ1) is 15.2. The SMILES string of the molecule is CCNC1CSCC1c1nc(CSCC(C)C)no1. The van der Waals surface area contributed by atoms with Crippen LogP contribution in [0.15, 0.2) is 4.52 Å². The van der Waals surface area contributed by atoms with Gasteiger partial charge in [0.05, 0.1) is 11.7 Å². The molecule has 0 radical (unpaired) electrons. The number of hydrogen-bond acceptors (Lipinski definition) is 6. The van der Waals surface area contributed by atoms with Gasteiger partial charge in [0, 0.05) is 17.5 Å². The standard InChI is InChI=1S/C13H23N3OS2/c1-4-14-11-7-19-6-10(11)13-15-12(16-17-13)8-18-5-9(2)3/h9-11,14H,4-8H2,1-3H3. The quantitative estimate of drug-likeness (QED) is 0.836. The Balaban J connectivity index is 1.89. The molecule has 1 aliphatic rings. The fourth-order valence-corrected chi connectivity index (χ4v) is 4.38. The van der Waals surface area contributed by atoms with E-state index in [1.54, 1.807) is 0 Å². The summed E-state index contributed by atoms with van der Waals surface area (Å²) in [5, 5.41) is 7.61. The molecular formula is C13H23N3OS2. The van der Waals surface area contributed by atoms with Crippen molar-refractivity contribution in [1.29, 1.82) is 0 Å². The molecule has 2 heterocycles. The molecule has 4 nitrogen and oxygen atoms in total. The zero-order valence-corrected chi connectivity index (χ0v) is 13.5. The number of hydrogen-bond donors (Lipinski definition) is 1. The van der Waals surface area contributed by atoms with Crippen LogP contribution in [0, 0.1) is 5.92 Å². The number of nitrogens with zero attached hydrogens (tertiary/aromatic N) is 2. The second kappa shape index (κ2) is 7.55. The van der Waals surface area contributed by atoms with Crippen LogP contribution in [0.25, 0.3) is 0 Å². The molecule has 2 rings (SSSR count). The van der Waals surface area contributed by atoms with Crippen molar-refractivity contribution >= 4 is 23.5 Å². The molecular weight excluding hydrogens is 278 g/mol. The van der Waals surface area contributed by atoms with Crippen LogP contribution in [-0.4, -0.2) is 40.0 Å². The van der Waals surface area contributed by atoms with Crippen molar-refractivity contribution in [2.75, 3.05) is 23.8 Å². The summed E-state index contributed by atoms with van der Waals surface area (Å²) in [6.07, 6.45) is 0. The van der Waals surface area contributed by atoms with Gasteiger partial charge in [-0.1, -0.05) is 25.9 Å². The van der Waals surface area contributed by atoms with Crippen molar-refractivity contribution in [3.8, 4) is 0 Å². The molecule has 1 aliphatic heterocycles. The summed E-state index contributed by atoms with van der Waals surface area (Å²) in [6, 6.07) is 0.478. The number of nitrogens with one attached hydrogen (secondary N) is 1. The van der Waals surface area contributed by atoms with E-state index in [9.17, 15) is 0 Å². The van der Waals surface area contributed by atoms with Crippen molar-refractivity contribution in [2.24, 2.45) is 5.92 Å². The Hall–Kier alpha value is -0.200. The lowest BCUT2D eigenvalue weighted by atomic mass is 10.0. The minimum absolute atomic E-state index is 0.376. The fraction of sp³-hybridized carbons (Fsp3) is 0.846. The maximum Gasteiger partial charge on any atom is 0.232 e. The largest absolute Gasteiger partial charge is 0.339 e. The molecule has 1 saturated heterocycles. The third-order valence-corrected chi connectivity index (χ3v) is 5.58. The Labute approximate surface area is 123 Å². The summed E-state index contributed by atoms with van der Waals surface area (Å²) in [5.74, 6) is 6.96. The smallest absolute Gasteiger partial charge is 0.232 e. The highest BCUT2D eigenvalue weighted by Crippen LogP contribution is 2.32. The Morgan fingerprint density at radius 2 is 2.32 bits per heavy atom. The molecule has 1 aromatic heterocycles. The molecule has 0 saturated carbocycles. The molecule has 0 bridgehead atoms. The molecule has 6 heteroatoms. The number of rotatable bonds is 7. The summed E-state index contributed by atoms with van der Waals surface area (Å²) in [5.41, 5.74) is 0. The van der Waals surface area contributed by atoms with Crippen LogP contribution < -0.4 is 5.32 Å². The minimum Gasteiger partial charge on any atom is -0.339 e. The zero-order valence-electron chi connectivity index (χ0n) is 11.9. The molecule has 2 unspecified atom stereocenters. The Bertz CT molecular complexity index is 384. The summed E-state index contributed by atoms with van der Waals surface area (Å²) in [6.45, 7) is 7.59. The van der Waals surface area contributed by atoms with E-state index in [0.717, 1.165) is 41.3 Å². The van der Waals surface area contributed by atoms with E-state index in [0.29, 0.717) is 17.9 Å². The van der Waals surface area contributed by atoms with Crippen LogP contribution in [0.2, 0.25) is 0 Å². The van der Waals surface area contributed by atoms with Gasteiger partial charge in [0.15, 0.2) is 5.82 Å². The molecule has 2 atom stereocenters. The third kappa shape index (κ3) is 4.39. The third-order valence-electron chi connectivity index (χ3n) is 3.03. The molecule has 108 valence electrons. The lowest BCUT2D eigenvalue weighted by Crippen LogP contribution is -2.34. The van der Waals surface area contributed by atoms with Gasteiger partial charge >= 0.3 is 0 Å². The maximum atomic E-state index is 5.45. The van der Waals surface area contributed by atoms with Gasteiger partial charge in [-0.25, -0.2) is 0 Å². The lowest BCUT2D eigenvalue weighted by molar-refractivity contribution is 0.338. The van der Waals surface area contributed by atoms with E-state index in [-0.39, 0.29) is 0 Å². The second-order valence-corrected chi connectivity index (χ2v) is 7.37. The highest BCUT2D eigenvalue weighted by atomic mass is 32.2. The number of aromatic nitrogens is 2. The summed E-state index contributed by atoms with van der Waals surface area (Å²) >= 11 is 3.84. The first-order valence-electron chi connectivity index (χ1n) is 6.92. The molecule has 1 fully saturated rings. The first-order chi connectivity index (χ1) is 9.20. The van der Waals surface area contributed by atoms with E-state index < -0.39 is 0 Å². The van der Waals surface area contributed by atoms with Crippen LogP contribution in [-0.2, 0) is 5.75 Å². The molecule has 0 amide bonds. The van der Waals surface area contributed by atoms with Crippen LogP contribution in [0.4, 0.5) is 0 Å². The van der Waals surface area contributed by atoms with Crippen LogP contribution in [0.1, 0.15) is 38.4 Å². The van der Waals surface area contributed by atoms with Crippen LogP contribution >= 0.6 is 23.5 Å². The maximum absolute atomic E-state index is 5.45. The van der Waals surface area contributed by atoms with Gasteiger partial charge in [-0.2, -0.15) is 28.5 Å². The summed E-state index contributed by atoms with van der Waals surface area (Å²) in [7, 11) is 0. The highest BCUT2D eigenvalue weighted by molar-refractivity contribution is 7.99. The van der Waals surface area contributed by atoms with Gasteiger partial charge in [-0.3, -0.25) is 0 Å². The molecule has 0 aromatic carbocycles. The minimum atomic E-state index is 0.376. The van der Waals surface area contributed by atoms with Gasteiger partial charge < -0.3 is 9.84 Å². The van der Waals surface area contributed by atoms with Gasteiger partial charge in [0.1, 0.15) is 0 Å². The summed E-state index contributed by atoms with van der Waals surface area (Å²) in [4.78, 5) is 4.57. The van der Waals surface area contributed by atoms with Crippen molar-refractivity contribution < 1.29 is 4.52 Å². The van der Waals surface area contributed by atoms with Gasteiger partial charge in [-0.15, -0.1) is 0 Å². The Morgan fingerprint density at radius 1 is 1.47 bits per heavy atom. The summed E-state index contributed by atoms with van der Waals surface area (Å²) < 4.78 is 5.45. The predicted molar refractivity (Wildman–Crippen MR) is 82.8 cm³/mol. The number of thioether (sulfide) groups is 2. The van der Waals surface area contributed by atoms with Crippen molar-refractivity contribution in [3.63, 3.8) is 0 Å². The van der Waals surface area contributed by atoms with Crippen molar-refractivity contribution in [3.05, 3.63) is 11.7 Å². The topological polar surface area (TPSA) is 51.0 Å². The molecule has 0 spiro atoms. The normalized spacial score (nSPS) is 23.4. The monoisotopic (exact) mass is 301 g/mol. The molecule has 0 aliphatic carbocycles. The predicted octanol–water partition coefficient (Wildman–Crippen LogP) is 2.77. The number of likely N-dealkylation sites (N-methyl/N-ethyl adjacent to an activating group) is 1. The molecule has 1 aromatic rings. The van der Waals surface area contributed by atoms with Crippen molar-refractivity contribution in [1.82, 2.24) is 15.5 Å². The lowest BCUT2D eigenvalue weighted by Gasteiger charge is -2.15. The Kier molecular flexibility index (Phi) is 6.04. The molecule has 19 heavy (non-hydrogen) atoms. The van der Waals surface area contributed by atoms with E-state index >= 15 is 0 Å². The average Bonchev–Trinajstić information content (AvgIpc) is 2.97. The van der Waals surface area contributed by atoms with Crippen LogP contribution in [0.3, 0.4) is 0 Å². The highest BCUT2D eigenvalue weighted by Gasteiger charge is 2.32. The van der Waals surface area contributed by atoms with E-state index in [1.807, 2.05) is 23.5 Å².